The van der Waals surface area contributed by atoms with E-state index in [-0.39, 0.29) is 11.4 Å². The third-order valence-corrected chi connectivity index (χ3v) is 4.87. The minimum Gasteiger partial charge on any atom is -0.468 e. The molecule has 0 amide bonds. The van der Waals surface area contributed by atoms with Gasteiger partial charge in [-0.05, 0) is 49.9 Å². The first-order valence-corrected chi connectivity index (χ1v) is 7.33. The molecule has 0 aliphatic rings. The summed E-state index contributed by atoms with van der Waals surface area (Å²) in [6.45, 7) is 6.87. The maximum atomic E-state index is 12.3. The number of sulfonamides is 1. The molecule has 1 aromatic carbocycles. The number of carbonyl (C=O) groups excluding carboxylic acids is 1. The molecule has 1 rings (SSSR count). The van der Waals surface area contributed by atoms with Gasteiger partial charge in [0.1, 0.15) is 6.54 Å². The molecular formula is C13H19NO4S. The highest BCUT2D eigenvalue weighted by atomic mass is 32.2. The maximum absolute atomic E-state index is 12.3. The molecule has 0 fully saturated rings. The first kappa shape index (κ1) is 15.7. The molecule has 1 aromatic rings. The van der Waals surface area contributed by atoms with Gasteiger partial charge in [0, 0.05) is 0 Å². The van der Waals surface area contributed by atoms with Gasteiger partial charge in [-0.1, -0.05) is 6.07 Å². The first-order valence-electron chi connectivity index (χ1n) is 5.84. The number of benzene rings is 1. The minimum atomic E-state index is -3.72. The molecule has 0 radical (unpaired) electrons. The van der Waals surface area contributed by atoms with Crippen LogP contribution in [0.3, 0.4) is 0 Å². The summed E-state index contributed by atoms with van der Waals surface area (Å²) in [5.74, 6) is -0.622. The van der Waals surface area contributed by atoms with Gasteiger partial charge in [0.05, 0.1) is 12.0 Å². The Morgan fingerprint density at radius 2 is 1.63 bits per heavy atom. The summed E-state index contributed by atoms with van der Waals surface area (Å²) in [7, 11) is -2.51. The van der Waals surface area contributed by atoms with Crippen LogP contribution in [0.1, 0.15) is 22.3 Å². The lowest BCUT2D eigenvalue weighted by molar-refractivity contribution is -0.139. The normalized spacial score (nSPS) is 11.4. The molecule has 0 aliphatic heterocycles. The summed E-state index contributed by atoms with van der Waals surface area (Å²) < 4.78 is 31.2. The number of ether oxygens (including phenoxy) is 1. The van der Waals surface area contributed by atoms with Crippen LogP contribution in [-0.4, -0.2) is 28.0 Å². The Morgan fingerprint density at radius 1 is 1.16 bits per heavy atom. The number of rotatable bonds is 4. The Balaban J connectivity index is 3.25. The van der Waals surface area contributed by atoms with E-state index in [1.54, 1.807) is 13.8 Å². The summed E-state index contributed by atoms with van der Waals surface area (Å²) in [6.07, 6.45) is 0. The molecule has 19 heavy (non-hydrogen) atoms. The van der Waals surface area contributed by atoms with E-state index in [1.165, 1.54) is 7.11 Å². The molecule has 0 saturated heterocycles. The number of nitrogens with one attached hydrogen (secondary N) is 1. The molecule has 0 atom stereocenters. The number of hydrogen-bond acceptors (Lipinski definition) is 4. The topological polar surface area (TPSA) is 72.5 Å². The second-order valence-electron chi connectivity index (χ2n) is 4.49. The molecule has 0 unspecified atom stereocenters. The van der Waals surface area contributed by atoms with Crippen LogP contribution in [0, 0.1) is 27.7 Å². The summed E-state index contributed by atoms with van der Waals surface area (Å²) in [5.41, 5.74) is 3.20. The van der Waals surface area contributed by atoms with Crippen molar-refractivity contribution in [2.45, 2.75) is 32.6 Å². The number of esters is 1. The number of carbonyl (C=O) groups is 1. The molecule has 1 N–H and O–H groups in total. The SMILES string of the molecule is COC(=O)CNS(=O)(=O)c1c(C)c(C)cc(C)c1C. The molecule has 0 saturated carbocycles. The summed E-state index contributed by atoms with van der Waals surface area (Å²) in [5, 5.41) is 0. The standard InChI is InChI=1S/C13H19NO4S/c1-8-6-9(2)11(4)13(10(8)3)19(16,17)14-7-12(15)18-5/h6,14H,7H2,1-5H3. The van der Waals surface area contributed by atoms with Crippen molar-refractivity contribution in [1.82, 2.24) is 4.72 Å². The third kappa shape index (κ3) is 3.33. The van der Waals surface area contributed by atoms with Crippen LogP contribution in [0.5, 0.6) is 0 Å². The lowest BCUT2D eigenvalue weighted by atomic mass is 10.0. The highest BCUT2D eigenvalue weighted by Gasteiger charge is 2.22. The van der Waals surface area contributed by atoms with Gasteiger partial charge >= 0.3 is 5.97 Å². The van der Waals surface area contributed by atoms with Crippen LogP contribution in [0.2, 0.25) is 0 Å². The van der Waals surface area contributed by atoms with E-state index in [0.717, 1.165) is 11.1 Å². The van der Waals surface area contributed by atoms with Crippen molar-refractivity contribution < 1.29 is 17.9 Å². The van der Waals surface area contributed by atoms with Crippen molar-refractivity contribution in [1.29, 1.82) is 0 Å². The fourth-order valence-corrected chi connectivity index (χ4v) is 3.46. The number of hydrogen-bond donors (Lipinski definition) is 1. The molecule has 0 spiro atoms. The van der Waals surface area contributed by atoms with Crippen LogP contribution < -0.4 is 4.72 Å². The second-order valence-corrected chi connectivity index (χ2v) is 6.19. The first-order chi connectivity index (χ1) is 8.70. The van der Waals surface area contributed by atoms with Crippen molar-refractivity contribution in [2.24, 2.45) is 0 Å². The van der Waals surface area contributed by atoms with Gasteiger partial charge in [0.2, 0.25) is 10.0 Å². The lowest BCUT2D eigenvalue weighted by Crippen LogP contribution is -2.31. The van der Waals surface area contributed by atoms with Crippen LogP contribution in [0.4, 0.5) is 0 Å². The van der Waals surface area contributed by atoms with Crippen molar-refractivity contribution in [3.8, 4) is 0 Å². The molecule has 6 heteroatoms. The van der Waals surface area contributed by atoms with Gasteiger partial charge in [0.25, 0.3) is 0 Å². The number of methoxy groups -OCH3 is 1. The second kappa shape index (κ2) is 5.71. The van der Waals surface area contributed by atoms with Crippen LogP contribution in [0.25, 0.3) is 0 Å². The smallest absolute Gasteiger partial charge is 0.320 e. The Kier molecular flexibility index (Phi) is 4.70. The quantitative estimate of drug-likeness (QED) is 0.848. The number of aryl methyl sites for hydroxylation is 2. The monoisotopic (exact) mass is 285 g/mol. The largest absolute Gasteiger partial charge is 0.468 e. The Labute approximate surface area is 114 Å². The predicted molar refractivity (Wildman–Crippen MR) is 72.6 cm³/mol. The predicted octanol–water partition coefficient (Wildman–Crippen LogP) is 1.37. The Hall–Kier alpha value is -1.40. The van der Waals surface area contributed by atoms with E-state index in [0.29, 0.717) is 11.1 Å². The van der Waals surface area contributed by atoms with Gasteiger partial charge in [-0.25, -0.2) is 8.42 Å². The summed E-state index contributed by atoms with van der Waals surface area (Å²) in [6, 6.07) is 1.95. The minimum absolute atomic E-state index is 0.244. The molecule has 0 heterocycles. The highest BCUT2D eigenvalue weighted by Crippen LogP contribution is 2.25. The van der Waals surface area contributed by atoms with E-state index >= 15 is 0 Å². The summed E-state index contributed by atoms with van der Waals surface area (Å²) >= 11 is 0. The van der Waals surface area contributed by atoms with E-state index < -0.39 is 16.0 Å². The molecule has 0 bridgehead atoms. The van der Waals surface area contributed by atoms with Crippen LogP contribution in [0.15, 0.2) is 11.0 Å². The van der Waals surface area contributed by atoms with Gasteiger partial charge in [-0.15, -0.1) is 0 Å². The zero-order chi connectivity index (χ0) is 14.8. The third-order valence-electron chi connectivity index (χ3n) is 3.20. The van der Waals surface area contributed by atoms with E-state index in [1.807, 2.05) is 19.9 Å². The lowest BCUT2D eigenvalue weighted by Gasteiger charge is -2.15. The average molecular weight is 285 g/mol. The average Bonchev–Trinajstić information content (AvgIpc) is 2.33. The van der Waals surface area contributed by atoms with Crippen molar-refractivity contribution in [3.63, 3.8) is 0 Å². The summed E-state index contributed by atoms with van der Waals surface area (Å²) in [4.78, 5) is 11.3. The van der Waals surface area contributed by atoms with Crippen LogP contribution in [-0.2, 0) is 19.6 Å². The van der Waals surface area contributed by atoms with E-state index in [4.69, 9.17) is 0 Å². The van der Waals surface area contributed by atoms with Gasteiger partial charge in [-0.3, -0.25) is 4.79 Å². The zero-order valence-corrected chi connectivity index (χ0v) is 12.6. The van der Waals surface area contributed by atoms with Crippen molar-refractivity contribution >= 4 is 16.0 Å². The van der Waals surface area contributed by atoms with Crippen LogP contribution >= 0.6 is 0 Å². The molecule has 5 nitrogen and oxygen atoms in total. The zero-order valence-electron chi connectivity index (χ0n) is 11.8. The maximum Gasteiger partial charge on any atom is 0.320 e. The van der Waals surface area contributed by atoms with Crippen molar-refractivity contribution in [3.05, 3.63) is 28.3 Å². The van der Waals surface area contributed by atoms with E-state index in [9.17, 15) is 13.2 Å². The van der Waals surface area contributed by atoms with Gasteiger partial charge in [0.15, 0.2) is 0 Å². The van der Waals surface area contributed by atoms with Crippen molar-refractivity contribution in [2.75, 3.05) is 13.7 Å². The highest BCUT2D eigenvalue weighted by molar-refractivity contribution is 7.89. The van der Waals surface area contributed by atoms with Gasteiger partial charge in [-0.2, -0.15) is 4.72 Å². The Morgan fingerprint density at radius 3 is 2.05 bits per heavy atom. The van der Waals surface area contributed by atoms with E-state index in [2.05, 4.69) is 9.46 Å². The van der Waals surface area contributed by atoms with Gasteiger partial charge < -0.3 is 4.74 Å². The Bertz CT molecular complexity index is 579. The molecule has 0 aliphatic carbocycles. The fraction of sp³-hybridized carbons (Fsp3) is 0.462. The molecule has 0 aromatic heterocycles. The fourth-order valence-electron chi connectivity index (χ4n) is 1.88. The molecule has 106 valence electrons. The molecular weight excluding hydrogens is 266 g/mol.